The fraction of sp³-hybridized carbons (Fsp3) is 0.150. The molecule has 0 fully saturated rings. The molecule has 158 valence electrons. The number of halogens is 1. The average Bonchev–Trinajstić information content (AvgIpc) is 3.45. The van der Waals surface area contributed by atoms with E-state index in [0.29, 0.717) is 29.3 Å². The molecule has 0 aliphatic heterocycles. The summed E-state index contributed by atoms with van der Waals surface area (Å²) < 4.78 is 4.32. The van der Waals surface area contributed by atoms with E-state index in [-0.39, 0.29) is 11.7 Å². The van der Waals surface area contributed by atoms with Crippen LogP contribution in [0.15, 0.2) is 58.6 Å². The minimum Gasteiger partial charge on any atom is -0.358 e. The molecule has 0 bridgehead atoms. The summed E-state index contributed by atoms with van der Waals surface area (Å²) in [4.78, 5) is 23.5. The van der Waals surface area contributed by atoms with Crippen LogP contribution in [0.1, 0.15) is 26.5 Å². The quantitative estimate of drug-likeness (QED) is 0.297. The molecule has 11 heteroatoms. The number of carbonyl (C=O) groups is 1. The van der Waals surface area contributed by atoms with Crippen LogP contribution in [0.25, 0.3) is 0 Å². The smallest absolute Gasteiger partial charge is 0.358 e. The number of nitrogens with zero attached hydrogens (tertiary/aromatic N) is 5. The van der Waals surface area contributed by atoms with Gasteiger partial charge in [-0.1, -0.05) is 28.1 Å². The third-order valence-corrected chi connectivity index (χ3v) is 6.02. The zero-order chi connectivity index (χ0) is 22.0. The molecule has 0 unspecified atom stereocenters. The monoisotopic (exact) mass is 500 g/mol. The first-order valence-electron chi connectivity index (χ1n) is 9.22. The number of hydrogen-bond acceptors (Lipinski definition) is 6. The normalized spacial score (nSPS) is 10.9. The van der Waals surface area contributed by atoms with Gasteiger partial charge in [0.1, 0.15) is 0 Å². The number of rotatable bonds is 7. The van der Waals surface area contributed by atoms with Crippen molar-refractivity contribution in [3.63, 3.8) is 0 Å². The van der Waals surface area contributed by atoms with Gasteiger partial charge in [0.05, 0.1) is 46.7 Å². The molecule has 0 atom stereocenters. The molecule has 0 saturated carbocycles. The van der Waals surface area contributed by atoms with Crippen LogP contribution in [-0.4, -0.2) is 30.4 Å². The predicted octanol–water partition coefficient (Wildman–Crippen LogP) is 4.47. The highest BCUT2D eigenvalue weighted by Gasteiger charge is 2.17. The second-order valence-corrected chi connectivity index (χ2v) is 8.71. The van der Waals surface area contributed by atoms with Crippen LogP contribution >= 0.6 is 27.3 Å². The van der Waals surface area contributed by atoms with E-state index in [1.54, 1.807) is 34.7 Å². The number of carbonyl (C=O) groups excluding carboxylic acids is 1. The van der Waals surface area contributed by atoms with Crippen molar-refractivity contribution >= 4 is 44.7 Å². The van der Waals surface area contributed by atoms with Crippen molar-refractivity contribution in [2.24, 2.45) is 0 Å². The number of hydrogen-bond donors (Lipinski definition) is 1. The van der Waals surface area contributed by atoms with Crippen LogP contribution in [0.2, 0.25) is 0 Å². The number of thiophene rings is 1. The van der Waals surface area contributed by atoms with Crippen LogP contribution in [0, 0.1) is 17.0 Å². The first-order chi connectivity index (χ1) is 14.9. The number of benzene rings is 1. The molecule has 1 amide bonds. The van der Waals surface area contributed by atoms with Gasteiger partial charge in [0.2, 0.25) is 0 Å². The number of aryl methyl sites for hydroxylation is 1. The molecule has 0 aliphatic carbocycles. The zero-order valence-corrected chi connectivity index (χ0v) is 18.8. The summed E-state index contributed by atoms with van der Waals surface area (Å²) in [6, 6.07) is 11.1. The maximum Gasteiger partial charge on any atom is 0.390 e. The predicted molar refractivity (Wildman–Crippen MR) is 120 cm³/mol. The van der Waals surface area contributed by atoms with Gasteiger partial charge >= 0.3 is 5.82 Å². The lowest BCUT2D eigenvalue weighted by Crippen LogP contribution is -2.10. The first kappa shape index (κ1) is 20.9. The molecule has 0 spiro atoms. The summed E-state index contributed by atoms with van der Waals surface area (Å²) in [5, 5.41) is 23.8. The van der Waals surface area contributed by atoms with Gasteiger partial charge in [-0.25, -0.2) is 0 Å². The third-order valence-electron chi connectivity index (χ3n) is 4.51. The maximum atomic E-state index is 12.6. The minimum atomic E-state index is -0.521. The molecular weight excluding hydrogens is 484 g/mol. The van der Waals surface area contributed by atoms with Gasteiger partial charge < -0.3 is 15.4 Å². The molecule has 1 aromatic carbocycles. The number of anilines is 1. The standard InChI is InChI=1S/C20H17BrN6O3S/c1-13-6-19(27(29)30)24-26(13)10-15-7-18(31-12-15)20(28)23-17-8-22-25(11-17)9-14-2-4-16(21)5-3-14/h2-8,11-12H,9-10H2,1H3,(H,23,28). The van der Waals surface area contributed by atoms with Crippen molar-refractivity contribution in [3.05, 3.63) is 90.5 Å². The fourth-order valence-electron chi connectivity index (χ4n) is 2.98. The van der Waals surface area contributed by atoms with Crippen LogP contribution in [-0.2, 0) is 13.1 Å². The Balaban J connectivity index is 1.38. The van der Waals surface area contributed by atoms with Gasteiger partial charge in [-0.2, -0.15) is 9.78 Å². The summed E-state index contributed by atoms with van der Waals surface area (Å²) in [6.07, 6.45) is 3.39. The van der Waals surface area contributed by atoms with Crippen LogP contribution in [0.5, 0.6) is 0 Å². The number of aromatic nitrogens is 4. The Hall–Kier alpha value is -3.31. The maximum absolute atomic E-state index is 12.6. The molecular formula is C20H17BrN6O3S. The van der Waals surface area contributed by atoms with Crippen molar-refractivity contribution in [3.8, 4) is 0 Å². The van der Waals surface area contributed by atoms with Crippen molar-refractivity contribution in [1.82, 2.24) is 19.6 Å². The Bertz CT molecular complexity index is 1240. The number of nitrogens with one attached hydrogen (secondary N) is 1. The summed E-state index contributed by atoms with van der Waals surface area (Å²) in [5.41, 5.74) is 3.24. The van der Waals surface area contributed by atoms with Crippen LogP contribution < -0.4 is 5.32 Å². The Morgan fingerprint density at radius 3 is 2.71 bits per heavy atom. The highest BCUT2D eigenvalue weighted by Crippen LogP contribution is 2.20. The molecule has 0 aliphatic rings. The molecule has 31 heavy (non-hydrogen) atoms. The number of nitro groups is 1. The fourth-order valence-corrected chi connectivity index (χ4v) is 4.04. The molecule has 3 aromatic heterocycles. The van der Waals surface area contributed by atoms with Gasteiger partial charge in [0.25, 0.3) is 5.91 Å². The lowest BCUT2D eigenvalue weighted by Gasteiger charge is -2.02. The summed E-state index contributed by atoms with van der Waals surface area (Å²) in [7, 11) is 0. The van der Waals surface area contributed by atoms with Crippen molar-refractivity contribution in [2.75, 3.05) is 5.32 Å². The Labute approximate surface area is 189 Å². The van der Waals surface area contributed by atoms with Crippen LogP contribution in [0.4, 0.5) is 11.5 Å². The van der Waals surface area contributed by atoms with Crippen molar-refractivity contribution in [1.29, 1.82) is 0 Å². The Kier molecular flexibility index (Phi) is 5.96. The van der Waals surface area contributed by atoms with Crippen LogP contribution in [0.3, 0.4) is 0 Å². The third kappa shape index (κ3) is 5.06. The van der Waals surface area contributed by atoms with Gasteiger partial charge in [-0.05, 0) is 46.6 Å². The van der Waals surface area contributed by atoms with E-state index in [1.165, 1.54) is 17.4 Å². The molecule has 4 aromatic rings. The Morgan fingerprint density at radius 1 is 1.23 bits per heavy atom. The van der Waals surface area contributed by atoms with Crippen molar-refractivity contribution in [2.45, 2.75) is 20.0 Å². The zero-order valence-electron chi connectivity index (χ0n) is 16.4. The van der Waals surface area contributed by atoms with Gasteiger partial charge in [-0.3, -0.25) is 9.48 Å². The average molecular weight is 501 g/mol. The van der Waals surface area contributed by atoms with Crippen molar-refractivity contribution < 1.29 is 9.72 Å². The second kappa shape index (κ2) is 8.82. The van der Waals surface area contributed by atoms with Gasteiger partial charge in [0.15, 0.2) is 0 Å². The topological polar surface area (TPSA) is 108 Å². The largest absolute Gasteiger partial charge is 0.390 e. The molecule has 0 radical (unpaired) electrons. The van der Waals surface area contributed by atoms with Gasteiger partial charge in [0, 0.05) is 10.7 Å². The molecule has 0 saturated heterocycles. The second-order valence-electron chi connectivity index (χ2n) is 6.89. The van der Waals surface area contributed by atoms with E-state index in [4.69, 9.17) is 0 Å². The van der Waals surface area contributed by atoms with E-state index >= 15 is 0 Å². The highest BCUT2D eigenvalue weighted by atomic mass is 79.9. The lowest BCUT2D eigenvalue weighted by molar-refractivity contribution is -0.389. The molecule has 9 nitrogen and oxygen atoms in total. The first-order valence-corrected chi connectivity index (χ1v) is 10.9. The lowest BCUT2D eigenvalue weighted by atomic mass is 10.2. The van der Waals surface area contributed by atoms with E-state index in [1.807, 2.05) is 29.6 Å². The van der Waals surface area contributed by atoms with E-state index in [0.717, 1.165) is 15.6 Å². The summed E-state index contributed by atoms with van der Waals surface area (Å²) in [6.45, 7) is 2.71. The number of amides is 1. The van der Waals surface area contributed by atoms with E-state index in [9.17, 15) is 14.9 Å². The molecule has 3 heterocycles. The van der Waals surface area contributed by atoms with Gasteiger partial charge in [-0.15, -0.1) is 11.3 Å². The minimum absolute atomic E-state index is 0.189. The Morgan fingerprint density at radius 2 is 2.00 bits per heavy atom. The summed E-state index contributed by atoms with van der Waals surface area (Å²) in [5.74, 6) is -0.423. The molecule has 4 rings (SSSR count). The van der Waals surface area contributed by atoms with E-state index in [2.05, 4.69) is 31.4 Å². The SMILES string of the molecule is Cc1cc([N+](=O)[O-])nn1Cc1csc(C(=O)Nc2cnn(Cc3ccc(Br)cc3)c2)c1. The highest BCUT2D eigenvalue weighted by molar-refractivity contribution is 9.10. The summed E-state index contributed by atoms with van der Waals surface area (Å²) >= 11 is 4.72. The van der Waals surface area contributed by atoms with E-state index < -0.39 is 4.92 Å². The molecule has 1 N–H and O–H groups in total.